The molecule has 3 nitrogen and oxygen atoms in total. The van der Waals surface area contributed by atoms with E-state index >= 15 is 0 Å². The number of rotatable bonds is 2. The Morgan fingerprint density at radius 1 is 1.35 bits per heavy atom. The van der Waals surface area contributed by atoms with Crippen molar-refractivity contribution in [3.05, 3.63) is 23.8 Å². The Morgan fingerprint density at radius 3 is 2.71 bits per heavy atom. The number of nitrogens with one attached hydrogen (secondary N) is 1. The summed E-state index contributed by atoms with van der Waals surface area (Å²) in [6.07, 6.45) is -2.95. The number of nitrogen functional groups attached to an aromatic ring is 1. The van der Waals surface area contributed by atoms with E-state index in [0.29, 0.717) is 11.3 Å². The van der Waals surface area contributed by atoms with Crippen molar-refractivity contribution in [1.82, 2.24) is 5.32 Å². The smallest absolute Gasteiger partial charge is 0.405 e. The highest BCUT2D eigenvalue weighted by Gasteiger charge is 2.33. The summed E-state index contributed by atoms with van der Waals surface area (Å²) >= 11 is 0. The average Bonchev–Trinajstić information content (AvgIpc) is 2.71. The van der Waals surface area contributed by atoms with E-state index in [-0.39, 0.29) is 11.8 Å². The van der Waals surface area contributed by atoms with Gasteiger partial charge in [-0.2, -0.15) is 0 Å². The zero-order valence-corrected chi connectivity index (χ0v) is 9.05. The van der Waals surface area contributed by atoms with Gasteiger partial charge >= 0.3 is 6.36 Å². The Kier molecular flexibility index (Phi) is 3.15. The van der Waals surface area contributed by atoms with Crippen molar-refractivity contribution in [1.29, 1.82) is 0 Å². The van der Waals surface area contributed by atoms with Gasteiger partial charge in [0.05, 0.1) is 0 Å². The molecule has 2 rings (SSSR count). The van der Waals surface area contributed by atoms with E-state index in [4.69, 9.17) is 5.73 Å². The van der Waals surface area contributed by atoms with Gasteiger partial charge in [-0.25, -0.2) is 0 Å². The number of halogens is 3. The molecule has 1 aromatic rings. The number of alkyl halides is 3. The second-order valence-electron chi connectivity index (χ2n) is 3.99. The van der Waals surface area contributed by atoms with E-state index in [1.54, 1.807) is 0 Å². The third kappa shape index (κ3) is 3.03. The normalized spacial score (nSPS) is 20.5. The van der Waals surface area contributed by atoms with Gasteiger partial charge in [-0.05, 0) is 37.6 Å². The second kappa shape index (κ2) is 4.44. The first-order chi connectivity index (χ1) is 7.96. The van der Waals surface area contributed by atoms with Gasteiger partial charge in [0.1, 0.15) is 5.75 Å². The van der Waals surface area contributed by atoms with Crippen molar-refractivity contribution in [2.75, 3.05) is 12.3 Å². The molecule has 1 fully saturated rings. The minimum absolute atomic E-state index is 0.115. The highest BCUT2D eigenvalue weighted by molar-refractivity contribution is 5.49. The molecule has 1 saturated heterocycles. The number of hydrogen-bond donors (Lipinski definition) is 2. The predicted molar refractivity (Wildman–Crippen MR) is 57.5 cm³/mol. The van der Waals surface area contributed by atoms with Crippen LogP contribution in [0.25, 0.3) is 0 Å². The van der Waals surface area contributed by atoms with E-state index in [0.717, 1.165) is 19.4 Å². The van der Waals surface area contributed by atoms with Gasteiger partial charge < -0.3 is 15.8 Å². The summed E-state index contributed by atoms with van der Waals surface area (Å²) in [5.74, 6) is -0.175. The van der Waals surface area contributed by atoms with Crippen molar-refractivity contribution < 1.29 is 17.9 Å². The molecule has 0 bridgehead atoms. The standard InChI is InChI=1S/C11H13F3N2O/c12-11(13,14)17-10-4-3-7(15)6-8(10)9-2-1-5-16-9/h3-4,6,9,16H,1-2,5,15H2/t9-/m1/s1. The highest BCUT2D eigenvalue weighted by atomic mass is 19.4. The van der Waals surface area contributed by atoms with E-state index in [1.165, 1.54) is 18.2 Å². The monoisotopic (exact) mass is 246 g/mol. The molecular weight excluding hydrogens is 233 g/mol. The van der Waals surface area contributed by atoms with Crippen LogP contribution < -0.4 is 15.8 Å². The largest absolute Gasteiger partial charge is 0.573 e. The van der Waals surface area contributed by atoms with Crippen LogP contribution in [-0.4, -0.2) is 12.9 Å². The van der Waals surface area contributed by atoms with E-state index < -0.39 is 6.36 Å². The van der Waals surface area contributed by atoms with Crippen LogP contribution in [0.3, 0.4) is 0 Å². The zero-order valence-electron chi connectivity index (χ0n) is 9.05. The molecule has 1 atom stereocenters. The first kappa shape index (κ1) is 12.0. The van der Waals surface area contributed by atoms with Gasteiger partial charge in [-0.1, -0.05) is 0 Å². The topological polar surface area (TPSA) is 47.3 Å². The molecule has 1 aliphatic heterocycles. The molecule has 1 aliphatic rings. The Labute approximate surface area is 96.8 Å². The SMILES string of the molecule is Nc1ccc(OC(F)(F)F)c([C@H]2CCCN2)c1. The quantitative estimate of drug-likeness (QED) is 0.788. The Hall–Kier alpha value is -1.43. The summed E-state index contributed by atoms with van der Waals surface area (Å²) < 4.78 is 40.7. The summed E-state index contributed by atoms with van der Waals surface area (Å²) in [4.78, 5) is 0. The maximum Gasteiger partial charge on any atom is 0.573 e. The highest BCUT2D eigenvalue weighted by Crippen LogP contribution is 2.35. The molecule has 6 heteroatoms. The lowest BCUT2D eigenvalue weighted by molar-refractivity contribution is -0.275. The van der Waals surface area contributed by atoms with Crippen molar-refractivity contribution in [3.63, 3.8) is 0 Å². The average molecular weight is 246 g/mol. The lowest BCUT2D eigenvalue weighted by Gasteiger charge is -2.18. The molecule has 1 aromatic carbocycles. The Balaban J connectivity index is 2.30. The third-order valence-corrected chi connectivity index (χ3v) is 2.70. The summed E-state index contributed by atoms with van der Waals surface area (Å²) in [5, 5.41) is 3.12. The molecule has 0 saturated carbocycles. The fourth-order valence-corrected chi connectivity index (χ4v) is 2.01. The van der Waals surface area contributed by atoms with Crippen molar-refractivity contribution in [3.8, 4) is 5.75 Å². The second-order valence-corrected chi connectivity index (χ2v) is 3.99. The molecular formula is C11H13F3N2O. The molecule has 1 heterocycles. The molecule has 3 N–H and O–H groups in total. The van der Waals surface area contributed by atoms with Gasteiger partial charge in [0.25, 0.3) is 0 Å². The summed E-state index contributed by atoms with van der Waals surface area (Å²) in [6.45, 7) is 0.797. The molecule has 0 aromatic heterocycles. The van der Waals surface area contributed by atoms with Crippen LogP contribution in [0.5, 0.6) is 5.75 Å². The van der Waals surface area contributed by atoms with Gasteiger partial charge in [0.15, 0.2) is 0 Å². The molecule has 0 amide bonds. The number of anilines is 1. The maximum atomic E-state index is 12.2. The van der Waals surface area contributed by atoms with E-state index in [9.17, 15) is 13.2 Å². The van der Waals surface area contributed by atoms with Crippen molar-refractivity contribution in [2.24, 2.45) is 0 Å². The summed E-state index contributed by atoms with van der Waals surface area (Å²) in [7, 11) is 0. The molecule has 0 unspecified atom stereocenters. The maximum absolute atomic E-state index is 12.2. The van der Waals surface area contributed by atoms with Crippen LogP contribution in [-0.2, 0) is 0 Å². The van der Waals surface area contributed by atoms with Gasteiger partial charge in [0.2, 0.25) is 0 Å². The van der Waals surface area contributed by atoms with Crippen LogP contribution in [0.1, 0.15) is 24.4 Å². The van der Waals surface area contributed by atoms with Crippen molar-refractivity contribution in [2.45, 2.75) is 25.2 Å². The molecule has 0 radical (unpaired) electrons. The molecule has 0 spiro atoms. The van der Waals surface area contributed by atoms with Crippen LogP contribution in [0.15, 0.2) is 18.2 Å². The fraction of sp³-hybridized carbons (Fsp3) is 0.455. The lowest BCUT2D eigenvalue weighted by Crippen LogP contribution is -2.20. The Bertz CT molecular complexity index is 400. The summed E-state index contributed by atoms with van der Waals surface area (Å²) in [5.41, 5.74) is 6.50. The minimum atomic E-state index is -4.68. The first-order valence-corrected chi connectivity index (χ1v) is 5.34. The van der Waals surface area contributed by atoms with E-state index in [1.807, 2.05) is 0 Å². The van der Waals surface area contributed by atoms with Crippen molar-refractivity contribution >= 4 is 5.69 Å². The summed E-state index contributed by atoms with van der Waals surface area (Å²) in [6, 6.07) is 4.08. The zero-order chi connectivity index (χ0) is 12.5. The molecule has 94 valence electrons. The number of hydrogen-bond acceptors (Lipinski definition) is 3. The van der Waals surface area contributed by atoms with Crippen LogP contribution in [0.2, 0.25) is 0 Å². The lowest BCUT2D eigenvalue weighted by atomic mass is 10.0. The predicted octanol–water partition coefficient (Wildman–Crippen LogP) is 2.59. The Morgan fingerprint density at radius 2 is 2.12 bits per heavy atom. The fourth-order valence-electron chi connectivity index (χ4n) is 2.01. The van der Waals surface area contributed by atoms with Gasteiger partial charge in [-0.3, -0.25) is 0 Å². The van der Waals surface area contributed by atoms with Crippen LogP contribution in [0, 0.1) is 0 Å². The van der Waals surface area contributed by atoms with Gasteiger partial charge in [-0.15, -0.1) is 13.2 Å². The number of benzene rings is 1. The number of nitrogens with two attached hydrogens (primary N) is 1. The molecule has 0 aliphatic carbocycles. The van der Waals surface area contributed by atoms with Gasteiger partial charge in [0, 0.05) is 17.3 Å². The minimum Gasteiger partial charge on any atom is -0.405 e. The first-order valence-electron chi connectivity index (χ1n) is 5.34. The number of ether oxygens (including phenoxy) is 1. The third-order valence-electron chi connectivity index (χ3n) is 2.70. The van der Waals surface area contributed by atoms with E-state index in [2.05, 4.69) is 10.1 Å². The molecule has 17 heavy (non-hydrogen) atoms. The van der Waals surface area contributed by atoms with Crippen LogP contribution >= 0.6 is 0 Å². The van der Waals surface area contributed by atoms with Crippen LogP contribution in [0.4, 0.5) is 18.9 Å².